The molecule has 0 amide bonds. The summed E-state index contributed by atoms with van der Waals surface area (Å²) in [5, 5.41) is 3.00. The van der Waals surface area contributed by atoms with E-state index in [1.165, 1.54) is 6.26 Å². The molecule has 1 aliphatic rings. The Morgan fingerprint density at radius 2 is 1.93 bits per heavy atom. The van der Waals surface area contributed by atoms with Crippen LogP contribution in [0.1, 0.15) is 26.7 Å². The van der Waals surface area contributed by atoms with E-state index in [2.05, 4.69) is 19.2 Å². The molecule has 0 unspecified atom stereocenters. The Morgan fingerprint density at radius 1 is 1.43 bits per heavy atom. The van der Waals surface area contributed by atoms with Crippen LogP contribution in [0, 0.1) is 11.8 Å². The molecule has 0 aromatic rings. The highest BCUT2D eigenvalue weighted by Crippen LogP contribution is 2.46. The third kappa shape index (κ3) is 1.96. The van der Waals surface area contributed by atoms with Gasteiger partial charge in [0.25, 0.3) is 0 Å². The van der Waals surface area contributed by atoms with E-state index in [0.717, 1.165) is 12.8 Å². The van der Waals surface area contributed by atoms with Crippen molar-refractivity contribution < 1.29 is 8.42 Å². The van der Waals surface area contributed by atoms with Crippen molar-refractivity contribution in [1.82, 2.24) is 5.32 Å². The topological polar surface area (TPSA) is 46.2 Å². The Kier molecular flexibility index (Phi) is 3.26. The van der Waals surface area contributed by atoms with Crippen LogP contribution in [-0.2, 0) is 9.84 Å². The summed E-state index contributed by atoms with van der Waals surface area (Å²) in [6.45, 7) is 4.92. The standard InChI is InChI=1S/C10H21NO2S/c1-8(2)9-5-10(6-9,7-11-3)14(4,12)13/h8-9,11H,5-7H2,1-4H3. The number of sulfone groups is 1. The lowest BCUT2D eigenvalue weighted by molar-refractivity contribution is 0.161. The van der Waals surface area contributed by atoms with Gasteiger partial charge in [-0.3, -0.25) is 0 Å². The molecule has 1 rings (SSSR count). The minimum absolute atomic E-state index is 0.476. The predicted molar refractivity (Wildman–Crippen MR) is 59.1 cm³/mol. The summed E-state index contributed by atoms with van der Waals surface area (Å²) < 4.78 is 22.8. The van der Waals surface area contributed by atoms with Crippen LogP contribution in [0.15, 0.2) is 0 Å². The number of nitrogens with one attached hydrogen (secondary N) is 1. The Bertz CT molecular complexity index is 289. The maximum atomic E-state index is 11.7. The summed E-state index contributed by atoms with van der Waals surface area (Å²) in [4.78, 5) is 0. The smallest absolute Gasteiger partial charge is 0.154 e. The average Bonchev–Trinajstić information content (AvgIpc) is 1.91. The molecule has 1 saturated carbocycles. The molecular formula is C10H21NO2S. The molecule has 14 heavy (non-hydrogen) atoms. The van der Waals surface area contributed by atoms with Crippen molar-refractivity contribution in [1.29, 1.82) is 0 Å². The van der Waals surface area contributed by atoms with Crippen molar-refractivity contribution in [3.63, 3.8) is 0 Å². The van der Waals surface area contributed by atoms with E-state index >= 15 is 0 Å². The van der Waals surface area contributed by atoms with E-state index in [9.17, 15) is 8.42 Å². The molecule has 0 saturated heterocycles. The summed E-state index contributed by atoms with van der Waals surface area (Å²) >= 11 is 0. The Morgan fingerprint density at radius 3 is 2.21 bits per heavy atom. The van der Waals surface area contributed by atoms with Crippen LogP contribution >= 0.6 is 0 Å². The molecule has 0 aliphatic heterocycles. The minimum atomic E-state index is -2.92. The fourth-order valence-corrected chi connectivity index (χ4v) is 3.71. The van der Waals surface area contributed by atoms with Crippen LogP contribution in [0.3, 0.4) is 0 Å². The predicted octanol–water partition coefficient (Wildman–Crippen LogP) is 1.06. The van der Waals surface area contributed by atoms with Crippen LogP contribution in [0.4, 0.5) is 0 Å². The Balaban J connectivity index is 2.73. The lowest BCUT2D eigenvalue weighted by atomic mass is 9.69. The molecule has 1 N–H and O–H groups in total. The van der Waals surface area contributed by atoms with Gasteiger partial charge >= 0.3 is 0 Å². The van der Waals surface area contributed by atoms with Gasteiger partial charge in [0.2, 0.25) is 0 Å². The van der Waals surface area contributed by atoms with Crippen molar-refractivity contribution in [2.45, 2.75) is 31.4 Å². The SMILES string of the molecule is CNCC1(S(C)(=O)=O)CC(C(C)C)C1. The molecule has 0 aromatic heterocycles. The zero-order chi connectivity index (χ0) is 11.0. The summed E-state index contributed by atoms with van der Waals surface area (Å²) in [6, 6.07) is 0. The highest BCUT2D eigenvalue weighted by molar-refractivity contribution is 7.92. The molecule has 1 aliphatic carbocycles. The zero-order valence-corrected chi connectivity index (χ0v) is 10.3. The van der Waals surface area contributed by atoms with Crippen molar-refractivity contribution in [2.75, 3.05) is 19.8 Å². The molecule has 4 heteroatoms. The van der Waals surface area contributed by atoms with Gasteiger partial charge in [-0.15, -0.1) is 0 Å². The van der Waals surface area contributed by atoms with E-state index in [1.54, 1.807) is 0 Å². The maximum absolute atomic E-state index is 11.7. The fraction of sp³-hybridized carbons (Fsp3) is 1.00. The van der Waals surface area contributed by atoms with Gasteiger partial charge in [-0.2, -0.15) is 0 Å². The van der Waals surface area contributed by atoms with E-state index in [1.807, 2.05) is 7.05 Å². The van der Waals surface area contributed by atoms with Gasteiger partial charge in [0.15, 0.2) is 9.84 Å². The monoisotopic (exact) mass is 219 g/mol. The molecule has 3 nitrogen and oxygen atoms in total. The molecule has 0 spiro atoms. The van der Waals surface area contributed by atoms with E-state index in [0.29, 0.717) is 18.4 Å². The average molecular weight is 219 g/mol. The number of hydrogen-bond donors (Lipinski definition) is 1. The van der Waals surface area contributed by atoms with Gasteiger partial charge in [-0.05, 0) is 31.7 Å². The first kappa shape index (κ1) is 12.0. The first-order valence-electron chi connectivity index (χ1n) is 5.16. The third-order valence-corrected chi connectivity index (χ3v) is 5.55. The summed E-state index contributed by atoms with van der Waals surface area (Å²) in [5.41, 5.74) is 0. The number of hydrogen-bond acceptors (Lipinski definition) is 3. The van der Waals surface area contributed by atoms with Gasteiger partial charge < -0.3 is 5.32 Å². The van der Waals surface area contributed by atoms with Gasteiger partial charge in [0, 0.05) is 12.8 Å². The van der Waals surface area contributed by atoms with Crippen LogP contribution in [0.2, 0.25) is 0 Å². The van der Waals surface area contributed by atoms with E-state index in [-0.39, 0.29) is 0 Å². The van der Waals surface area contributed by atoms with Gasteiger partial charge in [-0.1, -0.05) is 13.8 Å². The first-order valence-corrected chi connectivity index (χ1v) is 7.06. The minimum Gasteiger partial charge on any atom is -0.318 e. The first-order chi connectivity index (χ1) is 6.32. The maximum Gasteiger partial charge on any atom is 0.154 e. The second-order valence-electron chi connectivity index (χ2n) is 4.90. The van der Waals surface area contributed by atoms with E-state index in [4.69, 9.17) is 0 Å². The Labute approximate surface area is 87.2 Å². The van der Waals surface area contributed by atoms with Gasteiger partial charge in [0.05, 0.1) is 4.75 Å². The lowest BCUT2D eigenvalue weighted by Crippen LogP contribution is -2.56. The molecule has 84 valence electrons. The summed E-state index contributed by atoms with van der Waals surface area (Å²) in [7, 11) is -1.10. The lowest BCUT2D eigenvalue weighted by Gasteiger charge is -2.48. The third-order valence-electron chi connectivity index (χ3n) is 3.50. The van der Waals surface area contributed by atoms with Crippen molar-refractivity contribution in [3.05, 3.63) is 0 Å². The second-order valence-corrected chi connectivity index (χ2v) is 7.31. The van der Waals surface area contributed by atoms with E-state index < -0.39 is 14.6 Å². The largest absolute Gasteiger partial charge is 0.318 e. The zero-order valence-electron chi connectivity index (χ0n) is 9.50. The fourth-order valence-electron chi connectivity index (χ4n) is 2.27. The quantitative estimate of drug-likeness (QED) is 0.769. The van der Waals surface area contributed by atoms with Crippen molar-refractivity contribution >= 4 is 9.84 Å². The van der Waals surface area contributed by atoms with Gasteiger partial charge in [-0.25, -0.2) is 8.42 Å². The Hall–Kier alpha value is -0.0900. The highest BCUT2D eigenvalue weighted by Gasteiger charge is 2.51. The van der Waals surface area contributed by atoms with Crippen LogP contribution in [0.5, 0.6) is 0 Å². The molecule has 1 fully saturated rings. The van der Waals surface area contributed by atoms with Crippen molar-refractivity contribution in [3.8, 4) is 0 Å². The summed E-state index contributed by atoms with van der Waals surface area (Å²) in [5.74, 6) is 1.18. The molecule has 0 radical (unpaired) electrons. The molecule has 0 heterocycles. The molecule has 0 atom stereocenters. The highest BCUT2D eigenvalue weighted by atomic mass is 32.2. The summed E-state index contributed by atoms with van der Waals surface area (Å²) in [6.07, 6.45) is 3.01. The normalized spacial score (nSPS) is 33.1. The van der Waals surface area contributed by atoms with Crippen LogP contribution in [0.25, 0.3) is 0 Å². The molecule has 0 aromatic carbocycles. The van der Waals surface area contributed by atoms with Crippen LogP contribution < -0.4 is 5.32 Å². The second kappa shape index (κ2) is 3.81. The van der Waals surface area contributed by atoms with Gasteiger partial charge in [0.1, 0.15) is 0 Å². The van der Waals surface area contributed by atoms with Crippen LogP contribution in [-0.4, -0.2) is 33.0 Å². The number of rotatable bonds is 4. The molecule has 0 bridgehead atoms. The van der Waals surface area contributed by atoms with Crippen molar-refractivity contribution in [2.24, 2.45) is 11.8 Å². The molecular weight excluding hydrogens is 198 g/mol.